The lowest BCUT2D eigenvalue weighted by Crippen LogP contribution is -2.32. The number of aliphatic hydroxyl groups is 1. The Morgan fingerprint density at radius 2 is 1.82 bits per heavy atom. The standard InChI is InChI=1S/C13H18INO.ClH/c14-11-8-4-3-7-10(11)12(15)13(16)9-5-1-2-6-9;/h3-4,7-9,12-13,16H,1-2,5-6,15H2;1H/t12-,13+;/m1./s1. The summed E-state index contributed by atoms with van der Waals surface area (Å²) in [6.45, 7) is 0. The zero-order valence-corrected chi connectivity index (χ0v) is 12.7. The molecule has 0 aromatic heterocycles. The van der Waals surface area contributed by atoms with Gasteiger partial charge in [0.15, 0.2) is 0 Å². The fourth-order valence-corrected chi connectivity index (χ4v) is 3.27. The molecular formula is C13H19ClINO. The van der Waals surface area contributed by atoms with Crippen LogP contribution in [0, 0.1) is 9.49 Å². The summed E-state index contributed by atoms with van der Waals surface area (Å²) in [6, 6.07) is 7.80. The largest absolute Gasteiger partial charge is 0.391 e. The molecule has 2 nitrogen and oxygen atoms in total. The van der Waals surface area contributed by atoms with Crippen molar-refractivity contribution in [1.29, 1.82) is 0 Å². The molecule has 96 valence electrons. The van der Waals surface area contributed by atoms with Gasteiger partial charge in [-0.05, 0) is 53.0 Å². The third kappa shape index (κ3) is 3.56. The highest BCUT2D eigenvalue weighted by atomic mass is 127. The predicted molar refractivity (Wildman–Crippen MR) is 81.3 cm³/mol. The highest BCUT2D eigenvalue weighted by Gasteiger charge is 2.29. The molecule has 1 aliphatic rings. The molecule has 4 heteroatoms. The van der Waals surface area contributed by atoms with Crippen molar-refractivity contribution in [1.82, 2.24) is 0 Å². The molecule has 0 amide bonds. The van der Waals surface area contributed by atoms with Crippen LogP contribution in [0.4, 0.5) is 0 Å². The number of halogens is 2. The van der Waals surface area contributed by atoms with Crippen LogP contribution in [-0.4, -0.2) is 11.2 Å². The Balaban J connectivity index is 0.00000144. The summed E-state index contributed by atoms with van der Waals surface area (Å²) in [7, 11) is 0. The first kappa shape index (κ1) is 15.2. The van der Waals surface area contributed by atoms with Gasteiger partial charge in [0.2, 0.25) is 0 Å². The Morgan fingerprint density at radius 3 is 2.41 bits per heavy atom. The summed E-state index contributed by atoms with van der Waals surface area (Å²) < 4.78 is 1.14. The van der Waals surface area contributed by atoms with Crippen LogP contribution in [0.2, 0.25) is 0 Å². The lowest BCUT2D eigenvalue weighted by atomic mass is 9.91. The zero-order valence-electron chi connectivity index (χ0n) is 9.68. The summed E-state index contributed by atoms with van der Waals surface area (Å²) in [5, 5.41) is 10.3. The van der Waals surface area contributed by atoms with Gasteiger partial charge in [-0.15, -0.1) is 12.4 Å². The minimum atomic E-state index is -0.390. The van der Waals surface area contributed by atoms with Crippen molar-refractivity contribution in [3.8, 4) is 0 Å². The Kier molecular flexibility index (Phi) is 6.20. The van der Waals surface area contributed by atoms with E-state index in [1.54, 1.807) is 0 Å². The Bertz CT molecular complexity index is 355. The molecule has 0 spiro atoms. The first-order chi connectivity index (χ1) is 7.70. The van der Waals surface area contributed by atoms with Crippen LogP contribution in [0.25, 0.3) is 0 Å². The fourth-order valence-electron chi connectivity index (χ4n) is 2.52. The van der Waals surface area contributed by atoms with Crippen molar-refractivity contribution in [3.05, 3.63) is 33.4 Å². The van der Waals surface area contributed by atoms with Crippen molar-refractivity contribution in [2.24, 2.45) is 11.7 Å². The van der Waals surface area contributed by atoms with Crippen molar-refractivity contribution in [2.75, 3.05) is 0 Å². The molecule has 0 saturated heterocycles. The smallest absolute Gasteiger partial charge is 0.0761 e. The summed E-state index contributed by atoms with van der Waals surface area (Å²) in [5.74, 6) is 0.394. The molecule has 1 aliphatic carbocycles. The maximum absolute atomic E-state index is 10.3. The molecule has 0 heterocycles. The Labute approximate surface area is 123 Å². The number of hydrogen-bond donors (Lipinski definition) is 2. The maximum atomic E-state index is 10.3. The van der Waals surface area contributed by atoms with E-state index < -0.39 is 6.10 Å². The zero-order chi connectivity index (χ0) is 11.5. The lowest BCUT2D eigenvalue weighted by Gasteiger charge is -2.25. The summed E-state index contributed by atoms with van der Waals surface area (Å²) >= 11 is 2.28. The summed E-state index contributed by atoms with van der Waals surface area (Å²) in [4.78, 5) is 0. The number of aliphatic hydroxyl groups excluding tert-OH is 1. The molecule has 2 rings (SSSR count). The van der Waals surface area contributed by atoms with Gasteiger partial charge in [0.25, 0.3) is 0 Å². The van der Waals surface area contributed by atoms with Crippen LogP contribution in [0.15, 0.2) is 24.3 Å². The third-order valence-corrected chi connectivity index (χ3v) is 4.50. The lowest BCUT2D eigenvalue weighted by molar-refractivity contribution is 0.0842. The second-order valence-corrected chi connectivity index (χ2v) is 5.74. The van der Waals surface area contributed by atoms with Crippen molar-refractivity contribution in [2.45, 2.75) is 37.8 Å². The predicted octanol–water partition coefficient (Wildman–Crippen LogP) is 3.26. The van der Waals surface area contributed by atoms with Crippen LogP contribution < -0.4 is 5.73 Å². The van der Waals surface area contributed by atoms with E-state index in [0.29, 0.717) is 5.92 Å². The van der Waals surface area contributed by atoms with Crippen LogP contribution in [0.1, 0.15) is 37.3 Å². The first-order valence-electron chi connectivity index (χ1n) is 5.88. The molecule has 0 bridgehead atoms. The third-order valence-electron chi connectivity index (χ3n) is 3.52. The molecule has 17 heavy (non-hydrogen) atoms. The van der Waals surface area contributed by atoms with E-state index in [4.69, 9.17) is 5.73 Å². The highest BCUT2D eigenvalue weighted by Crippen LogP contribution is 2.33. The van der Waals surface area contributed by atoms with Crippen molar-refractivity contribution in [3.63, 3.8) is 0 Å². The van der Waals surface area contributed by atoms with E-state index in [1.165, 1.54) is 12.8 Å². The Morgan fingerprint density at radius 1 is 1.24 bits per heavy atom. The van der Waals surface area contributed by atoms with E-state index in [9.17, 15) is 5.11 Å². The molecule has 1 saturated carbocycles. The van der Waals surface area contributed by atoms with Crippen LogP contribution in [0.3, 0.4) is 0 Å². The van der Waals surface area contributed by atoms with Gasteiger partial charge < -0.3 is 10.8 Å². The molecule has 0 unspecified atom stereocenters. The van der Waals surface area contributed by atoms with E-state index in [1.807, 2.05) is 24.3 Å². The minimum absolute atomic E-state index is 0. The van der Waals surface area contributed by atoms with Gasteiger partial charge in [0.05, 0.1) is 12.1 Å². The minimum Gasteiger partial charge on any atom is -0.391 e. The van der Waals surface area contributed by atoms with E-state index in [2.05, 4.69) is 22.6 Å². The van der Waals surface area contributed by atoms with E-state index >= 15 is 0 Å². The van der Waals surface area contributed by atoms with Crippen molar-refractivity contribution >= 4 is 35.0 Å². The molecule has 1 aromatic rings. The van der Waals surface area contributed by atoms with Gasteiger partial charge in [-0.2, -0.15) is 0 Å². The molecular weight excluding hydrogens is 349 g/mol. The topological polar surface area (TPSA) is 46.2 Å². The SMILES string of the molecule is Cl.N[C@H](c1ccccc1I)[C@@H](O)C1CCCC1. The highest BCUT2D eigenvalue weighted by molar-refractivity contribution is 14.1. The van der Waals surface area contributed by atoms with E-state index in [0.717, 1.165) is 22.0 Å². The van der Waals surface area contributed by atoms with Crippen molar-refractivity contribution < 1.29 is 5.11 Å². The average Bonchev–Trinajstić information content (AvgIpc) is 2.81. The maximum Gasteiger partial charge on any atom is 0.0761 e. The second-order valence-electron chi connectivity index (χ2n) is 4.58. The van der Waals surface area contributed by atoms with E-state index in [-0.39, 0.29) is 18.4 Å². The first-order valence-corrected chi connectivity index (χ1v) is 6.96. The van der Waals surface area contributed by atoms with Gasteiger partial charge in [0, 0.05) is 3.57 Å². The summed E-state index contributed by atoms with van der Waals surface area (Å²) in [5.41, 5.74) is 7.24. The monoisotopic (exact) mass is 367 g/mol. The van der Waals surface area contributed by atoms with Gasteiger partial charge in [0.1, 0.15) is 0 Å². The molecule has 1 aromatic carbocycles. The molecule has 1 fully saturated rings. The molecule has 0 aliphatic heterocycles. The number of hydrogen-bond acceptors (Lipinski definition) is 2. The molecule has 2 atom stereocenters. The number of benzene rings is 1. The second kappa shape index (κ2) is 6.92. The number of rotatable bonds is 3. The van der Waals surface area contributed by atoms with Gasteiger partial charge in [-0.1, -0.05) is 31.0 Å². The van der Waals surface area contributed by atoms with Gasteiger partial charge in [-0.25, -0.2) is 0 Å². The normalized spacial score (nSPS) is 19.7. The van der Waals surface area contributed by atoms with Crippen LogP contribution >= 0.6 is 35.0 Å². The van der Waals surface area contributed by atoms with Crippen LogP contribution in [0.5, 0.6) is 0 Å². The quantitative estimate of drug-likeness (QED) is 0.806. The Hall–Kier alpha value is 0.160. The average molecular weight is 368 g/mol. The summed E-state index contributed by atoms with van der Waals surface area (Å²) in [6.07, 6.45) is 4.33. The molecule has 3 N–H and O–H groups in total. The van der Waals surface area contributed by atoms with Gasteiger partial charge in [-0.3, -0.25) is 0 Å². The molecule has 0 radical (unpaired) electrons. The van der Waals surface area contributed by atoms with Crippen LogP contribution in [-0.2, 0) is 0 Å². The fraction of sp³-hybridized carbons (Fsp3) is 0.538. The van der Waals surface area contributed by atoms with Gasteiger partial charge >= 0.3 is 0 Å². The number of nitrogens with two attached hydrogens (primary N) is 1.